The zero-order valence-electron chi connectivity index (χ0n) is 22.9. The normalized spacial score (nSPS) is 24.2. The SMILES string of the molecule is Cc1cc(Nc2cc(C)[nH]n2)nc(N2CC3CCC(C2)N3C(=O)c2ccc(N3CC(C)C(C)(C)C3)nc2)n1. The molecule has 3 aliphatic rings. The largest absolute Gasteiger partial charge is 0.356 e. The number of piperazine rings is 1. The minimum Gasteiger partial charge on any atom is -0.356 e. The molecule has 0 saturated carbocycles. The first-order chi connectivity index (χ1) is 18.2. The van der Waals surface area contributed by atoms with Crippen molar-refractivity contribution in [2.24, 2.45) is 11.3 Å². The van der Waals surface area contributed by atoms with E-state index in [0.29, 0.717) is 23.2 Å². The number of hydrogen-bond acceptors (Lipinski definition) is 8. The number of aryl methyl sites for hydroxylation is 2. The molecule has 0 spiro atoms. The summed E-state index contributed by atoms with van der Waals surface area (Å²) in [6.45, 7) is 14.3. The molecule has 1 amide bonds. The molecule has 3 aromatic heterocycles. The third-order valence-corrected chi connectivity index (χ3v) is 8.55. The number of carbonyl (C=O) groups excluding carboxylic acids is 1. The van der Waals surface area contributed by atoms with Crippen LogP contribution < -0.4 is 15.1 Å². The van der Waals surface area contributed by atoms with Gasteiger partial charge in [-0.3, -0.25) is 9.89 Å². The van der Waals surface area contributed by atoms with E-state index in [1.807, 2.05) is 38.1 Å². The van der Waals surface area contributed by atoms with Crippen molar-refractivity contribution in [1.82, 2.24) is 30.0 Å². The van der Waals surface area contributed by atoms with Crippen molar-refractivity contribution in [3.63, 3.8) is 0 Å². The number of fused-ring (bicyclic) bond motifs is 2. The minimum absolute atomic E-state index is 0.0766. The molecular weight excluding hydrogens is 478 g/mol. The van der Waals surface area contributed by atoms with Gasteiger partial charge in [0.1, 0.15) is 11.6 Å². The summed E-state index contributed by atoms with van der Waals surface area (Å²) >= 11 is 0. The Labute approximate surface area is 223 Å². The van der Waals surface area contributed by atoms with Crippen molar-refractivity contribution >= 4 is 29.3 Å². The summed E-state index contributed by atoms with van der Waals surface area (Å²) in [5.74, 6) is 3.77. The molecule has 3 aliphatic heterocycles. The van der Waals surface area contributed by atoms with E-state index in [2.05, 4.69) is 51.0 Å². The molecule has 3 saturated heterocycles. The molecule has 3 atom stereocenters. The van der Waals surface area contributed by atoms with Crippen LogP contribution in [0.4, 0.5) is 23.4 Å². The Bertz CT molecular complexity index is 1320. The lowest BCUT2D eigenvalue weighted by molar-refractivity contribution is 0.0640. The lowest BCUT2D eigenvalue weighted by Crippen LogP contribution is -2.56. The van der Waals surface area contributed by atoms with E-state index in [1.165, 1.54) is 0 Å². The molecule has 0 aliphatic carbocycles. The van der Waals surface area contributed by atoms with Gasteiger partial charge in [0.15, 0.2) is 5.82 Å². The van der Waals surface area contributed by atoms with Gasteiger partial charge < -0.3 is 20.0 Å². The molecule has 3 fully saturated rings. The predicted molar refractivity (Wildman–Crippen MR) is 148 cm³/mol. The van der Waals surface area contributed by atoms with Gasteiger partial charge in [-0.1, -0.05) is 20.8 Å². The number of aromatic nitrogens is 5. The molecule has 2 bridgehead atoms. The molecule has 38 heavy (non-hydrogen) atoms. The van der Waals surface area contributed by atoms with Gasteiger partial charge in [0.25, 0.3) is 5.91 Å². The van der Waals surface area contributed by atoms with Gasteiger partial charge in [-0.05, 0) is 50.2 Å². The van der Waals surface area contributed by atoms with Crippen LogP contribution in [0, 0.1) is 25.2 Å². The van der Waals surface area contributed by atoms with E-state index in [4.69, 9.17) is 15.0 Å². The van der Waals surface area contributed by atoms with Crippen LogP contribution in [-0.4, -0.2) is 74.2 Å². The standard InChI is InChI=1S/C28H37N9O/c1-17-13-36(16-28(17,4)5)25-9-6-20(12-29-25)26(38)37-21-7-8-22(37)15-35(14-21)27-30-18(2)10-23(32-27)31-24-11-19(3)33-34-24/h6,9-12,17,21-22H,7-8,13-16H2,1-5H3,(H2,30,31,32,33,34). The lowest BCUT2D eigenvalue weighted by atomic mass is 9.84. The van der Waals surface area contributed by atoms with Crippen molar-refractivity contribution < 1.29 is 4.79 Å². The fourth-order valence-corrected chi connectivity index (χ4v) is 6.08. The monoisotopic (exact) mass is 515 g/mol. The van der Waals surface area contributed by atoms with Gasteiger partial charge in [-0.15, -0.1) is 0 Å². The molecule has 200 valence electrons. The Hall–Kier alpha value is -3.69. The third kappa shape index (κ3) is 4.56. The van der Waals surface area contributed by atoms with E-state index in [9.17, 15) is 4.79 Å². The minimum atomic E-state index is 0.0766. The highest BCUT2D eigenvalue weighted by atomic mass is 16.2. The summed E-state index contributed by atoms with van der Waals surface area (Å²) in [5.41, 5.74) is 2.80. The first kappa shape index (κ1) is 24.6. The van der Waals surface area contributed by atoms with Crippen LogP contribution in [0.2, 0.25) is 0 Å². The average molecular weight is 516 g/mol. The van der Waals surface area contributed by atoms with Crippen molar-refractivity contribution in [3.8, 4) is 0 Å². The molecule has 0 aromatic carbocycles. The first-order valence-electron chi connectivity index (χ1n) is 13.6. The Morgan fingerprint density at radius 2 is 1.79 bits per heavy atom. The van der Waals surface area contributed by atoms with Crippen LogP contribution >= 0.6 is 0 Å². The van der Waals surface area contributed by atoms with Crippen LogP contribution in [0.25, 0.3) is 0 Å². The smallest absolute Gasteiger partial charge is 0.256 e. The molecule has 0 radical (unpaired) electrons. The fraction of sp³-hybridized carbons (Fsp3) is 0.536. The number of aromatic amines is 1. The number of rotatable bonds is 5. The zero-order valence-corrected chi connectivity index (χ0v) is 22.9. The van der Waals surface area contributed by atoms with Crippen LogP contribution in [0.5, 0.6) is 0 Å². The second kappa shape index (κ2) is 9.25. The van der Waals surface area contributed by atoms with E-state index in [1.54, 1.807) is 6.20 Å². The fourth-order valence-electron chi connectivity index (χ4n) is 6.08. The van der Waals surface area contributed by atoms with Crippen molar-refractivity contribution in [3.05, 3.63) is 47.4 Å². The maximum Gasteiger partial charge on any atom is 0.256 e. The zero-order chi connectivity index (χ0) is 26.6. The number of nitrogens with zero attached hydrogens (tertiary/aromatic N) is 7. The van der Waals surface area contributed by atoms with Crippen LogP contribution in [0.15, 0.2) is 30.5 Å². The van der Waals surface area contributed by atoms with Gasteiger partial charge >= 0.3 is 0 Å². The second-order valence-electron chi connectivity index (χ2n) is 11.9. The first-order valence-corrected chi connectivity index (χ1v) is 13.6. The Morgan fingerprint density at radius 1 is 1.03 bits per heavy atom. The topological polar surface area (TPSA) is 106 Å². The summed E-state index contributed by atoms with van der Waals surface area (Å²) in [6.07, 6.45) is 3.74. The molecule has 6 rings (SSSR count). The number of pyridine rings is 1. The summed E-state index contributed by atoms with van der Waals surface area (Å²) in [6, 6.07) is 8.09. The molecule has 10 heteroatoms. The number of amides is 1. The molecule has 3 unspecified atom stereocenters. The van der Waals surface area contributed by atoms with Crippen LogP contribution in [0.3, 0.4) is 0 Å². The maximum atomic E-state index is 13.6. The van der Waals surface area contributed by atoms with E-state index >= 15 is 0 Å². The highest BCUT2D eigenvalue weighted by Gasteiger charge is 2.44. The van der Waals surface area contributed by atoms with Gasteiger partial charge in [0, 0.05) is 55.9 Å². The van der Waals surface area contributed by atoms with Crippen LogP contribution in [-0.2, 0) is 0 Å². The summed E-state index contributed by atoms with van der Waals surface area (Å²) in [4.78, 5) is 34.4. The summed E-state index contributed by atoms with van der Waals surface area (Å²) < 4.78 is 0. The Balaban J connectivity index is 1.15. The molecule has 3 aromatic rings. The van der Waals surface area contributed by atoms with Crippen molar-refractivity contribution in [2.45, 2.75) is 59.5 Å². The number of hydrogen-bond donors (Lipinski definition) is 2. The summed E-state index contributed by atoms with van der Waals surface area (Å²) in [5, 5.41) is 10.5. The van der Waals surface area contributed by atoms with Crippen molar-refractivity contribution in [2.75, 3.05) is 41.3 Å². The third-order valence-electron chi connectivity index (χ3n) is 8.55. The highest BCUT2D eigenvalue weighted by Crippen LogP contribution is 2.37. The second-order valence-corrected chi connectivity index (χ2v) is 11.9. The van der Waals surface area contributed by atoms with Gasteiger partial charge in [0.05, 0.1) is 17.6 Å². The Kier molecular flexibility index (Phi) is 6.00. The molecule has 10 nitrogen and oxygen atoms in total. The van der Waals surface area contributed by atoms with E-state index < -0.39 is 0 Å². The average Bonchev–Trinajstić information content (AvgIpc) is 3.50. The summed E-state index contributed by atoms with van der Waals surface area (Å²) in [7, 11) is 0. The highest BCUT2D eigenvalue weighted by molar-refractivity contribution is 5.95. The quantitative estimate of drug-likeness (QED) is 0.527. The van der Waals surface area contributed by atoms with Gasteiger partial charge in [-0.2, -0.15) is 10.1 Å². The molecule has 2 N–H and O–H groups in total. The van der Waals surface area contributed by atoms with Crippen molar-refractivity contribution in [1.29, 1.82) is 0 Å². The molecular formula is C28H37N9O. The number of H-pyrrole nitrogens is 1. The van der Waals surface area contributed by atoms with Gasteiger partial charge in [-0.25, -0.2) is 9.97 Å². The number of anilines is 4. The van der Waals surface area contributed by atoms with Crippen LogP contribution in [0.1, 0.15) is 55.4 Å². The van der Waals surface area contributed by atoms with Gasteiger partial charge in [0.2, 0.25) is 5.95 Å². The maximum absolute atomic E-state index is 13.6. The van der Waals surface area contributed by atoms with E-state index in [-0.39, 0.29) is 23.4 Å². The predicted octanol–water partition coefficient (Wildman–Crippen LogP) is 3.93. The number of nitrogens with one attached hydrogen (secondary N) is 2. The Morgan fingerprint density at radius 3 is 2.39 bits per heavy atom. The molecule has 6 heterocycles. The number of carbonyl (C=O) groups is 1. The van der Waals surface area contributed by atoms with E-state index in [0.717, 1.165) is 62.0 Å². The lowest BCUT2D eigenvalue weighted by Gasteiger charge is -2.41.